The molecule has 0 radical (unpaired) electrons. The van der Waals surface area contributed by atoms with Gasteiger partial charge in [-0.25, -0.2) is 4.79 Å². The monoisotopic (exact) mass is 811 g/mol. The highest BCUT2D eigenvalue weighted by Crippen LogP contribution is 2.37. The van der Waals surface area contributed by atoms with Crippen LogP contribution in [0.25, 0.3) is 0 Å². The van der Waals surface area contributed by atoms with E-state index >= 15 is 0 Å². The highest BCUT2D eigenvalue weighted by atomic mass is 35.5. The third-order valence-corrected chi connectivity index (χ3v) is 10.4. The summed E-state index contributed by atoms with van der Waals surface area (Å²) in [6.45, 7) is 3.93. The second kappa shape index (κ2) is 18.0. The summed E-state index contributed by atoms with van der Waals surface area (Å²) < 4.78 is 16.8. The minimum Gasteiger partial charge on any atom is -0.486 e. The summed E-state index contributed by atoms with van der Waals surface area (Å²) in [5, 5.41) is 10.2. The van der Waals surface area contributed by atoms with E-state index in [-0.39, 0.29) is 56.8 Å². The van der Waals surface area contributed by atoms with Gasteiger partial charge in [-0.15, -0.1) is 0 Å². The van der Waals surface area contributed by atoms with Gasteiger partial charge in [-0.05, 0) is 129 Å². The van der Waals surface area contributed by atoms with Crippen molar-refractivity contribution in [1.82, 2.24) is 5.32 Å². The first-order valence-electron chi connectivity index (χ1n) is 17.9. The van der Waals surface area contributed by atoms with Crippen LogP contribution in [0.4, 0.5) is 11.4 Å². The number of hydrogen-bond acceptors (Lipinski definition) is 8. The molecule has 2 saturated carbocycles. The molecule has 0 saturated heterocycles. The molecule has 6 rings (SSSR count). The number of nitrogens with one attached hydrogen (secondary N) is 3. The SMILES string of the molecule is Cc1cc(COc2c(Cl)cc(CC(=O)OC(=O)CNC(=O)c3cc(Cl)c(OCc4cc(C)cc(NC5CCC5)c4)c(Cl)c3)cc2Cl)cc(NC2CCC2)c1. The third kappa shape index (κ3) is 10.7. The Bertz CT molecular complexity index is 2000. The molecule has 0 heterocycles. The minimum absolute atomic E-state index is 0.0961. The Morgan fingerprint density at radius 1 is 0.611 bits per heavy atom. The van der Waals surface area contributed by atoms with Crippen molar-refractivity contribution in [3.8, 4) is 11.5 Å². The Morgan fingerprint density at radius 3 is 1.52 bits per heavy atom. The number of carbonyl (C=O) groups excluding carboxylic acids is 3. The van der Waals surface area contributed by atoms with E-state index in [0.29, 0.717) is 17.6 Å². The molecular weight excluding hydrogens is 772 g/mol. The zero-order chi connectivity index (χ0) is 38.4. The van der Waals surface area contributed by atoms with E-state index < -0.39 is 24.4 Å². The number of rotatable bonds is 15. The third-order valence-electron chi connectivity index (χ3n) is 9.28. The van der Waals surface area contributed by atoms with E-state index in [2.05, 4.69) is 28.1 Å². The largest absolute Gasteiger partial charge is 0.486 e. The predicted molar refractivity (Wildman–Crippen MR) is 214 cm³/mol. The average Bonchev–Trinajstić information content (AvgIpc) is 3.05. The predicted octanol–water partition coefficient (Wildman–Crippen LogP) is 10.0. The van der Waals surface area contributed by atoms with Gasteiger partial charge in [0.2, 0.25) is 0 Å². The summed E-state index contributed by atoms with van der Waals surface area (Å²) in [6.07, 6.45) is 6.86. The Morgan fingerprint density at radius 2 is 1.07 bits per heavy atom. The van der Waals surface area contributed by atoms with E-state index in [1.54, 1.807) is 0 Å². The molecule has 1 amide bonds. The molecule has 2 aliphatic rings. The van der Waals surface area contributed by atoms with Crippen molar-refractivity contribution in [1.29, 1.82) is 0 Å². The first-order chi connectivity index (χ1) is 25.9. The molecule has 13 heteroatoms. The van der Waals surface area contributed by atoms with Gasteiger partial charge in [-0.3, -0.25) is 9.59 Å². The molecule has 9 nitrogen and oxygen atoms in total. The van der Waals surface area contributed by atoms with Crippen LogP contribution >= 0.6 is 46.4 Å². The van der Waals surface area contributed by atoms with Gasteiger partial charge < -0.3 is 30.2 Å². The Kier molecular flexibility index (Phi) is 13.2. The summed E-state index contributed by atoms with van der Waals surface area (Å²) in [5.41, 5.74) is 6.69. The molecule has 0 unspecified atom stereocenters. The topological polar surface area (TPSA) is 115 Å². The highest BCUT2D eigenvalue weighted by Gasteiger charge is 2.21. The van der Waals surface area contributed by atoms with Crippen LogP contribution in [-0.2, 0) is 34.0 Å². The summed E-state index contributed by atoms with van der Waals surface area (Å²) in [5.74, 6) is -1.96. The van der Waals surface area contributed by atoms with Gasteiger partial charge in [0.15, 0.2) is 11.5 Å². The maximum absolute atomic E-state index is 12.8. The standard InChI is InChI=1S/C41H41Cl4N3O6/c1-23-9-26(13-31(11-23)47-29-5-3-6-29)21-52-39-33(42)15-25(16-34(39)43)17-37(49)54-38(50)20-46-41(51)28-18-35(44)40(36(45)19-28)53-22-27-10-24(2)12-32(14-27)48-30-7-4-8-30/h9-16,18-19,29-30,47-48H,3-8,17,20-22H2,1-2H3,(H,46,51). The molecule has 2 fully saturated rings. The van der Waals surface area contributed by atoms with Crippen molar-refractivity contribution in [3.63, 3.8) is 0 Å². The maximum Gasteiger partial charge on any atom is 0.333 e. The second-order valence-electron chi connectivity index (χ2n) is 13.9. The average molecular weight is 814 g/mol. The normalized spacial score (nSPS) is 14.0. The fourth-order valence-corrected chi connectivity index (χ4v) is 7.48. The van der Waals surface area contributed by atoms with Gasteiger partial charge in [0.05, 0.1) is 26.5 Å². The van der Waals surface area contributed by atoms with Crippen LogP contribution in [0.1, 0.15) is 76.7 Å². The number of anilines is 2. The van der Waals surface area contributed by atoms with Crippen LogP contribution in [-0.4, -0.2) is 36.5 Å². The first kappa shape index (κ1) is 39.5. The van der Waals surface area contributed by atoms with Crippen LogP contribution in [0.15, 0.2) is 60.7 Å². The second-order valence-corrected chi connectivity index (χ2v) is 15.5. The van der Waals surface area contributed by atoms with Crippen LogP contribution in [0.5, 0.6) is 11.5 Å². The number of amides is 1. The molecule has 4 aromatic rings. The molecular formula is C41H41Cl4N3O6. The van der Waals surface area contributed by atoms with Gasteiger partial charge in [-0.1, -0.05) is 58.5 Å². The van der Waals surface area contributed by atoms with Crippen LogP contribution in [0, 0.1) is 13.8 Å². The van der Waals surface area contributed by atoms with Crippen molar-refractivity contribution < 1.29 is 28.6 Å². The van der Waals surface area contributed by atoms with Crippen LogP contribution in [0.3, 0.4) is 0 Å². The van der Waals surface area contributed by atoms with Gasteiger partial charge >= 0.3 is 11.9 Å². The van der Waals surface area contributed by atoms with Crippen molar-refractivity contribution in [3.05, 3.63) is 114 Å². The number of carbonyl (C=O) groups is 3. The summed E-state index contributed by atoms with van der Waals surface area (Å²) in [6, 6.07) is 19.2. The van der Waals surface area contributed by atoms with Gasteiger partial charge in [0.1, 0.15) is 19.8 Å². The van der Waals surface area contributed by atoms with Gasteiger partial charge in [0, 0.05) is 29.0 Å². The number of benzene rings is 4. The summed E-state index contributed by atoms with van der Waals surface area (Å²) in [7, 11) is 0. The molecule has 0 aromatic heterocycles. The number of halogens is 4. The lowest BCUT2D eigenvalue weighted by Crippen LogP contribution is -2.32. The molecule has 54 heavy (non-hydrogen) atoms. The van der Waals surface area contributed by atoms with E-state index in [1.807, 2.05) is 38.1 Å². The quantitative estimate of drug-likeness (QED) is 0.0803. The Balaban J connectivity index is 0.964. The molecule has 0 atom stereocenters. The molecule has 3 N–H and O–H groups in total. The maximum atomic E-state index is 12.8. The van der Waals surface area contributed by atoms with Crippen LogP contribution in [0.2, 0.25) is 20.1 Å². The van der Waals surface area contributed by atoms with E-state index in [9.17, 15) is 14.4 Å². The van der Waals surface area contributed by atoms with Gasteiger partial charge in [-0.2, -0.15) is 0 Å². The number of aryl methyl sites for hydroxylation is 2. The molecule has 0 spiro atoms. The van der Waals surface area contributed by atoms with Crippen molar-refractivity contribution in [2.75, 3.05) is 17.2 Å². The van der Waals surface area contributed by atoms with E-state index in [0.717, 1.165) is 46.5 Å². The van der Waals surface area contributed by atoms with Gasteiger partial charge in [0.25, 0.3) is 5.91 Å². The van der Waals surface area contributed by atoms with E-state index in [4.69, 9.17) is 60.6 Å². The minimum atomic E-state index is -0.962. The molecule has 284 valence electrons. The van der Waals surface area contributed by atoms with Crippen molar-refractivity contribution in [2.24, 2.45) is 0 Å². The smallest absolute Gasteiger partial charge is 0.333 e. The zero-order valence-electron chi connectivity index (χ0n) is 30.0. The lowest BCUT2D eigenvalue weighted by Gasteiger charge is -2.28. The molecule has 0 bridgehead atoms. The molecule has 0 aliphatic heterocycles. The Hall–Kier alpha value is -4.15. The van der Waals surface area contributed by atoms with Crippen molar-refractivity contribution in [2.45, 2.75) is 84.1 Å². The Labute approximate surface area is 334 Å². The lowest BCUT2D eigenvalue weighted by atomic mass is 9.93. The van der Waals surface area contributed by atoms with Crippen LogP contribution < -0.4 is 25.4 Å². The number of esters is 2. The van der Waals surface area contributed by atoms with Crippen molar-refractivity contribution >= 4 is 75.6 Å². The molecule has 4 aromatic carbocycles. The molecule has 2 aliphatic carbocycles. The lowest BCUT2D eigenvalue weighted by molar-refractivity contribution is -0.158. The summed E-state index contributed by atoms with van der Waals surface area (Å²) >= 11 is 25.9. The van der Waals surface area contributed by atoms with E-state index in [1.165, 1.54) is 49.9 Å². The first-order valence-corrected chi connectivity index (χ1v) is 19.4. The zero-order valence-corrected chi connectivity index (χ0v) is 33.0. The fraction of sp³-hybridized carbons (Fsp3) is 0.341. The number of hydrogen-bond donors (Lipinski definition) is 3. The number of ether oxygens (including phenoxy) is 3. The fourth-order valence-electron chi connectivity index (χ4n) is 6.25. The summed E-state index contributed by atoms with van der Waals surface area (Å²) in [4.78, 5) is 37.9. The highest BCUT2D eigenvalue weighted by molar-refractivity contribution is 6.38.